The average molecular weight is 826 g/mol. The number of esters is 2. The first-order chi connectivity index (χ1) is 27.5. The van der Waals surface area contributed by atoms with Gasteiger partial charge in [-0.05, 0) is 99.8 Å². The fourth-order valence-electron chi connectivity index (χ4n) is 9.77. The molecule has 3 aromatic carbocycles. The van der Waals surface area contributed by atoms with Crippen LogP contribution in [0, 0.1) is 43.3 Å². The number of fused-ring (bicyclic) bond motifs is 1. The normalized spacial score (nSPS) is 15.8. The number of hydrogen-bond donors (Lipinski definition) is 1. The predicted octanol–water partition coefficient (Wildman–Crippen LogP) is 13.5. The largest absolute Gasteiger partial charge is 0.465 e. The number of amides is 1. The van der Waals surface area contributed by atoms with Gasteiger partial charge in [0.2, 0.25) is 5.91 Å². The fourth-order valence-corrected chi connectivity index (χ4v) is 9.77. The van der Waals surface area contributed by atoms with E-state index in [1.807, 2.05) is 49.4 Å². The zero-order valence-electron chi connectivity index (χ0n) is 40.9. The van der Waals surface area contributed by atoms with E-state index in [2.05, 4.69) is 146 Å². The molecule has 0 aromatic heterocycles. The van der Waals surface area contributed by atoms with Gasteiger partial charge in [-0.2, -0.15) is 0 Å². The van der Waals surface area contributed by atoms with Gasteiger partial charge in [-0.15, -0.1) is 0 Å². The van der Waals surface area contributed by atoms with Crippen LogP contribution in [0.15, 0.2) is 72.8 Å². The van der Waals surface area contributed by atoms with Crippen LogP contribution in [0.2, 0.25) is 0 Å². The van der Waals surface area contributed by atoms with Crippen LogP contribution in [0.3, 0.4) is 0 Å². The second-order valence-electron chi connectivity index (χ2n) is 22.9. The van der Waals surface area contributed by atoms with Gasteiger partial charge in [0.1, 0.15) is 6.61 Å². The number of carbonyl (C=O) groups excluding carboxylic acids is 3. The molecule has 3 atom stereocenters. The minimum Gasteiger partial charge on any atom is -0.465 e. The van der Waals surface area contributed by atoms with Gasteiger partial charge >= 0.3 is 11.9 Å². The number of nitrogens with one attached hydrogen (secondary N) is 1. The number of rotatable bonds is 20. The van der Waals surface area contributed by atoms with E-state index in [1.165, 1.54) is 5.56 Å². The van der Waals surface area contributed by atoms with Gasteiger partial charge in [-0.1, -0.05) is 183 Å². The van der Waals surface area contributed by atoms with Crippen LogP contribution in [0.4, 0.5) is 0 Å². The third-order valence-corrected chi connectivity index (χ3v) is 15.3. The Balaban J connectivity index is 1.96. The Morgan fingerprint density at radius 3 is 1.68 bits per heavy atom. The Morgan fingerprint density at radius 1 is 0.600 bits per heavy atom. The van der Waals surface area contributed by atoms with Crippen LogP contribution in [0.1, 0.15) is 167 Å². The summed E-state index contributed by atoms with van der Waals surface area (Å²) >= 11 is 0. The molecule has 60 heavy (non-hydrogen) atoms. The summed E-state index contributed by atoms with van der Waals surface area (Å²) in [6.07, 6.45) is 3.93. The Kier molecular flexibility index (Phi) is 16.2. The fraction of sp³-hybridized carbons (Fsp3) is 0.648. The second kappa shape index (κ2) is 19.2. The van der Waals surface area contributed by atoms with Crippen LogP contribution in [-0.4, -0.2) is 37.6 Å². The number of benzene rings is 3. The number of ether oxygens (including phenoxy) is 2. The molecule has 6 heteroatoms. The van der Waals surface area contributed by atoms with Gasteiger partial charge in [-0.3, -0.25) is 14.4 Å². The molecule has 0 saturated carbocycles. The second-order valence-corrected chi connectivity index (χ2v) is 22.9. The summed E-state index contributed by atoms with van der Waals surface area (Å²) in [4.78, 5) is 42.6. The third kappa shape index (κ3) is 11.4. The van der Waals surface area contributed by atoms with Gasteiger partial charge in [0.15, 0.2) is 0 Å². The standard InChI is InChI=1S/C54H83NO5/c1-18-19-33-59-46(58)54(17,51(12,13)49(8,9)36-43(48(5,6)7)40-27-21-20-22-28-40)38-50(10,11)52(14,15)53(16,37-47(2,3)4)45(57)60-34-32-55-44(56)35-41-30-25-29-39-26-23-24-31-42(39)41/h20-31,43H,18-19,32-38H2,1-17H3,(H,55,56). The summed E-state index contributed by atoms with van der Waals surface area (Å²) < 4.78 is 12.4. The van der Waals surface area contributed by atoms with E-state index < -0.39 is 27.1 Å². The van der Waals surface area contributed by atoms with Crippen LogP contribution >= 0.6 is 0 Å². The molecule has 0 fully saturated rings. The maximum Gasteiger partial charge on any atom is 0.312 e. The molecule has 1 N–H and O–H groups in total. The molecule has 1 amide bonds. The summed E-state index contributed by atoms with van der Waals surface area (Å²) in [6, 6.07) is 24.8. The van der Waals surface area contributed by atoms with Crippen LogP contribution in [0.25, 0.3) is 10.8 Å². The molecule has 6 nitrogen and oxygen atoms in total. The van der Waals surface area contributed by atoms with Crippen molar-refractivity contribution in [3.63, 3.8) is 0 Å². The summed E-state index contributed by atoms with van der Waals surface area (Å²) in [7, 11) is 0. The molecule has 0 aliphatic rings. The summed E-state index contributed by atoms with van der Waals surface area (Å²) in [5, 5.41) is 5.13. The molecule has 0 aliphatic heterocycles. The maximum absolute atomic E-state index is 14.9. The van der Waals surface area contributed by atoms with Crippen LogP contribution in [-0.2, 0) is 30.3 Å². The van der Waals surface area contributed by atoms with E-state index >= 15 is 0 Å². The minimum absolute atomic E-state index is 0.0112. The highest BCUT2D eigenvalue weighted by atomic mass is 16.5. The van der Waals surface area contributed by atoms with Gasteiger partial charge in [0.25, 0.3) is 0 Å². The summed E-state index contributed by atoms with van der Waals surface area (Å²) in [5.74, 6) is -0.328. The van der Waals surface area contributed by atoms with Gasteiger partial charge < -0.3 is 14.8 Å². The highest BCUT2D eigenvalue weighted by molar-refractivity contribution is 5.90. The van der Waals surface area contributed by atoms with Crippen molar-refractivity contribution in [1.29, 1.82) is 0 Å². The molecule has 0 radical (unpaired) electrons. The lowest BCUT2D eigenvalue weighted by Gasteiger charge is -2.60. The van der Waals surface area contributed by atoms with Crippen molar-refractivity contribution in [1.82, 2.24) is 5.32 Å². The van der Waals surface area contributed by atoms with E-state index in [1.54, 1.807) is 0 Å². The first-order valence-corrected chi connectivity index (χ1v) is 22.6. The number of unbranched alkanes of at least 4 members (excludes halogenated alkanes) is 1. The van der Waals surface area contributed by atoms with Gasteiger partial charge in [0.05, 0.1) is 30.4 Å². The van der Waals surface area contributed by atoms with Crippen LogP contribution < -0.4 is 5.32 Å². The van der Waals surface area contributed by atoms with Gasteiger partial charge in [-0.25, -0.2) is 0 Å². The van der Waals surface area contributed by atoms with E-state index in [-0.39, 0.29) is 59.6 Å². The van der Waals surface area contributed by atoms with E-state index in [0.717, 1.165) is 35.6 Å². The SMILES string of the molecule is CCCCOC(=O)C(C)(CC(C)(C)C(C)(C)C(C)(CC(C)(C)C)C(=O)OCCNC(=O)Cc1cccc2ccccc12)C(C)(C)C(C)(C)CC(c1ccccc1)C(C)(C)C. The molecule has 0 saturated heterocycles. The van der Waals surface area contributed by atoms with Crippen molar-refractivity contribution in [2.75, 3.05) is 19.8 Å². The Bertz CT molecular complexity index is 1890. The minimum atomic E-state index is -0.945. The number of hydrogen-bond acceptors (Lipinski definition) is 5. The number of carbonyl (C=O) groups is 3. The predicted molar refractivity (Wildman–Crippen MR) is 251 cm³/mol. The lowest BCUT2D eigenvalue weighted by molar-refractivity contribution is -0.188. The monoisotopic (exact) mass is 826 g/mol. The Morgan fingerprint density at radius 2 is 1.12 bits per heavy atom. The van der Waals surface area contributed by atoms with Crippen molar-refractivity contribution >= 4 is 28.6 Å². The highest BCUT2D eigenvalue weighted by Gasteiger charge is 2.63. The highest BCUT2D eigenvalue weighted by Crippen LogP contribution is 2.65. The smallest absolute Gasteiger partial charge is 0.312 e. The molecule has 3 aromatic rings. The molecular formula is C54H83NO5. The van der Waals surface area contributed by atoms with Crippen molar-refractivity contribution in [2.45, 2.75) is 162 Å². The summed E-state index contributed by atoms with van der Waals surface area (Å²) in [5.41, 5.74) is -1.90. The molecule has 0 aliphatic carbocycles. The lowest BCUT2D eigenvalue weighted by Crippen LogP contribution is -2.58. The Labute approximate surface area is 365 Å². The van der Waals surface area contributed by atoms with Crippen molar-refractivity contribution in [3.05, 3.63) is 83.9 Å². The van der Waals surface area contributed by atoms with Crippen molar-refractivity contribution < 1.29 is 23.9 Å². The molecule has 3 unspecified atom stereocenters. The first kappa shape index (κ1) is 50.7. The topological polar surface area (TPSA) is 81.7 Å². The van der Waals surface area contributed by atoms with Crippen molar-refractivity contribution in [2.24, 2.45) is 43.3 Å². The third-order valence-electron chi connectivity index (χ3n) is 15.3. The van der Waals surface area contributed by atoms with Crippen LogP contribution in [0.5, 0.6) is 0 Å². The molecule has 0 bridgehead atoms. The Hall–Kier alpha value is -3.67. The molecule has 0 heterocycles. The quantitative estimate of drug-likeness (QED) is 0.0906. The van der Waals surface area contributed by atoms with Gasteiger partial charge in [0, 0.05) is 0 Å². The van der Waals surface area contributed by atoms with E-state index in [0.29, 0.717) is 19.4 Å². The van der Waals surface area contributed by atoms with E-state index in [9.17, 15) is 14.4 Å². The maximum atomic E-state index is 14.9. The zero-order chi connectivity index (χ0) is 45.6. The lowest BCUT2D eigenvalue weighted by atomic mass is 9.44. The molecular weight excluding hydrogens is 743 g/mol. The zero-order valence-corrected chi connectivity index (χ0v) is 40.9. The molecule has 3 rings (SSSR count). The first-order valence-electron chi connectivity index (χ1n) is 22.6. The molecule has 0 spiro atoms. The molecule has 334 valence electrons. The average Bonchev–Trinajstić information content (AvgIpc) is 3.14. The van der Waals surface area contributed by atoms with Crippen molar-refractivity contribution in [3.8, 4) is 0 Å². The summed E-state index contributed by atoms with van der Waals surface area (Å²) in [6.45, 7) is 38.3. The van der Waals surface area contributed by atoms with E-state index in [4.69, 9.17) is 9.47 Å².